The lowest BCUT2D eigenvalue weighted by Gasteiger charge is -2.04. The van der Waals surface area contributed by atoms with Gasteiger partial charge in [-0.05, 0) is 26.0 Å². The summed E-state index contributed by atoms with van der Waals surface area (Å²) in [5.41, 5.74) is 2.36. The highest BCUT2D eigenvalue weighted by Gasteiger charge is 2.07. The third kappa shape index (κ3) is 3.82. The Hall–Kier alpha value is -1.98. The van der Waals surface area contributed by atoms with Gasteiger partial charge in [0.2, 0.25) is 0 Å². The van der Waals surface area contributed by atoms with Gasteiger partial charge in [-0.15, -0.1) is 0 Å². The van der Waals surface area contributed by atoms with Gasteiger partial charge in [0.1, 0.15) is 11.5 Å². The molecular formula is C11H12F2N2O2. The van der Waals surface area contributed by atoms with E-state index in [1.807, 2.05) is 0 Å². The Balaban J connectivity index is 2.72. The largest absolute Gasteiger partial charge is 0.461 e. The fourth-order valence-electron chi connectivity index (χ4n) is 1.01. The van der Waals surface area contributed by atoms with Crippen molar-refractivity contribution in [2.24, 2.45) is 5.10 Å². The van der Waals surface area contributed by atoms with Crippen LogP contribution in [0, 0.1) is 11.6 Å². The summed E-state index contributed by atoms with van der Waals surface area (Å²) in [4.78, 5) is 11.2. The molecule has 17 heavy (non-hydrogen) atoms. The quantitative estimate of drug-likeness (QED) is 0.500. The molecule has 0 amide bonds. The van der Waals surface area contributed by atoms with Crippen molar-refractivity contribution in [2.75, 3.05) is 12.0 Å². The SMILES string of the molecule is CCOC(=O)C(C)=NNc1ccc(F)cc1F. The van der Waals surface area contributed by atoms with Gasteiger partial charge in [0.15, 0.2) is 5.82 Å². The number of nitrogens with zero attached hydrogens (tertiary/aromatic N) is 1. The fourth-order valence-corrected chi connectivity index (χ4v) is 1.01. The smallest absolute Gasteiger partial charge is 0.354 e. The monoisotopic (exact) mass is 242 g/mol. The van der Waals surface area contributed by atoms with E-state index in [0.717, 1.165) is 12.1 Å². The second-order valence-corrected chi connectivity index (χ2v) is 3.15. The summed E-state index contributed by atoms with van der Waals surface area (Å²) < 4.78 is 30.4. The molecule has 1 rings (SSSR count). The molecule has 0 aliphatic rings. The minimum Gasteiger partial charge on any atom is -0.461 e. The van der Waals surface area contributed by atoms with E-state index in [1.54, 1.807) is 6.92 Å². The molecule has 92 valence electrons. The lowest BCUT2D eigenvalue weighted by atomic mass is 10.3. The molecule has 0 aliphatic heterocycles. The topological polar surface area (TPSA) is 50.7 Å². The number of anilines is 1. The molecule has 0 aromatic heterocycles. The Bertz CT molecular complexity index is 447. The minimum absolute atomic E-state index is 0.0185. The van der Waals surface area contributed by atoms with Gasteiger partial charge in [-0.3, -0.25) is 5.43 Å². The van der Waals surface area contributed by atoms with Crippen LogP contribution in [-0.4, -0.2) is 18.3 Å². The standard InChI is InChI=1S/C11H12F2N2O2/c1-3-17-11(16)7(2)14-15-10-5-4-8(12)6-9(10)13/h4-6,15H,3H2,1-2H3. The second kappa shape index (κ2) is 5.93. The molecule has 0 saturated carbocycles. The fraction of sp³-hybridized carbons (Fsp3) is 0.273. The minimum atomic E-state index is -0.787. The van der Waals surface area contributed by atoms with Crippen molar-refractivity contribution in [3.8, 4) is 0 Å². The highest BCUT2D eigenvalue weighted by atomic mass is 19.1. The van der Waals surface area contributed by atoms with E-state index in [9.17, 15) is 13.6 Å². The van der Waals surface area contributed by atoms with Crippen molar-refractivity contribution in [1.82, 2.24) is 0 Å². The summed E-state index contributed by atoms with van der Waals surface area (Å²) in [6.45, 7) is 3.32. The normalized spacial score (nSPS) is 11.2. The maximum atomic E-state index is 13.2. The number of carbonyl (C=O) groups is 1. The summed E-state index contributed by atoms with van der Waals surface area (Å²) in [5.74, 6) is -2.06. The number of ether oxygens (including phenoxy) is 1. The molecule has 0 heterocycles. The molecule has 0 radical (unpaired) electrons. The summed E-state index contributed by atoms with van der Waals surface area (Å²) in [5, 5.41) is 3.63. The van der Waals surface area contributed by atoms with E-state index in [1.165, 1.54) is 13.0 Å². The number of carbonyl (C=O) groups excluding carboxylic acids is 1. The summed E-state index contributed by atoms with van der Waals surface area (Å²) in [7, 11) is 0. The van der Waals surface area contributed by atoms with Gasteiger partial charge in [0.05, 0.1) is 12.3 Å². The van der Waals surface area contributed by atoms with Crippen LogP contribution in [0.2, 0.25) is 0 Å². The molecule has 0 aliphatic carbocycles. The maximum absolute atomic E-state index is 13.2. The number of hydrazone groups is 1. The van der Waals surface area contributed by atoms with Crippen LogP contribution in [0.3, 0.4) is 0 Å². The van der Waals surface area contributed by atoms with Crippen molar-refractivity contribution >= 4 is 17.4 Å². The van der Waals surface area contributed by atoms with Gasteiger partial charge in [-0.2, -0.15) is 5.10 Å². The molecule has 4 nitrogen and oxygen atoms in total. The van der Waals surface area contributed by atoms with Crippen LogP contribution in [0.5, 0.6) is 0 Å². The van der Waals surface area contributed by atoms with Crippen molar-refractivity contribution in [3.63, 3.8) is 0 Å². The highest BCUT2D eigenvalue weighted by molar-refractivity contribution is 6.35. The third-order valence-electron chi connectivity index (χ3n) is 1.85. The number of hydrogen-bond donors (Lipinski definition) is 1. The van der Waals surface area contributed by atoms with Crippen LogP contribution >= 0.6 is 0 Å². The Labute approximate surface area is 97.3 Å². The Morgan fingerprint density at radius 1 is 1.47 bits per heavy atom. The maximum Gasteiger partial charge on any atom is 0.354 e. The number of halogens is 2. The zero-order valence-corrected chi connectivity index (χ0v) is 9.46. The molecule has 1 aromatic rings. The van der Waals surface area contributed by atoms with E-state index in [-0.39, 0.29) is 18.0 Å². The molecule has 0 fully saturated rings. The lowest BCUT2D eigenvalue weighted by molar-refractivity contribution is -0.135. The van der Waals surface area contributed by atoms with Gasteiger partial charge < -0.3 is 4.74 Å². The number of esters is 1. The first kappa shape index (κ1) is 13.1. The van der Waals surface area contributed by atoms with Crippen LogP contribution in [0.25, 0.3) is 0 Å². The number of nitrogens with one attached hydrogen (secondary N) is 1. The first-order chi connectivity index (χ1) is 8.04. The van der Waals surface area contributed by atoms with Crippen molar-refractivity contribution in [3.05, 3.63) is 29.8 Å². The summed E-state index contributed by atoms with van der Waals surface area (Å²) in [6.07, 6.45) is 0. The molecule has 0 spiro atoms. The molecule has 0 saturated heterocycles. The predicted molar refractivity (Wildman–Crippen MR) is 59.7 cm³/mol. The highest BCUT2D eigenvalue weighted by Crippen LogP contribution is 2.14. The van der Waals surface area contributed by atoms with Crippen LogP contribution in [-0.2, 0) is 9.53 Å². The Morgan fingerprint density at radius 2 is 2.18 bits per heavy atom. The predicted octanol–water partition coefficient (Wildman–Crippen LogP) is 2.32. The van der Waals surface area contributed by atoms with Crippen molar-refractivity contribution in [2.45, 2.75) is 13.8 Å². The van der Waals surface area contributed by atoms with Crippen LogP contribution in [0.1, 0.15) is 13.8 Å². The molecule has 1 aromatic carbocycles. The Kier molecular flexibility index (Phi) is 4.56. The average Bonchev–Trinajstić information content (AvgIpc) is 2.27. The van der Waals surface area contributed by atoms with E-state index in [0.29, 0.717) is 0 Å². The first-order valence-corrected chi connectivity index (χ1v) is 4.97. The van der Waals surface area contributed by atoms with Gasteiger partial charge in [-0.25, -0.2) is 13.6 Å². The van der Waals surface area contributed by atoms with E-state index in [4.69, 9.17) is 0 Å². The molecule has 0 bridgehead atoms. The number of benzene rings is 1. The van der Waals surface area contributed by atoms with Gasteiger partial charge >= 0.3 is 5.97 Å². The zero-order chi connectivity index (χ0) is 12.8. The zero-order valence-electron chi connectivity index (χ0n) is 9.46. The van der Waals surface area contributed by atoms with E-state index in [2.05, 4.69) is 15.3 Å². The molecular weight excluding hydrogens is 230 g/mol. The van der Waals surface area contributed by atoms with Crippen LogP contribution in [0.4, 0.5) is 14.5 Å². The van der Waals surface area contributed by atoms with Crippen LogP contribution < -0.4 is 5.43 Å². The summed E-state index contributed by atoms with van der Waals surface area (Å²) in [6, 6.07) is 2.99. The van der Waals surface area contributed by atoms with Crippen molar-refractivity contribution < 1.29 is 18.3 Å². The molecule has 0 unspecified atom stereocenters. The van der Waals surface area contributed by atoms with E-state index >= 15 is 0 Å². The van der Waals surface area contributed by atoms with Gasteiger partial charge in [0, 0.05) is 6.07 Å². The average molecular weight is 242 g/mol. The summed E-state index contributed by atoms with van der Waals surface area (Å²) >= 11 is 0. The van der Waals surface area contributed by atoms with Gasteiger partial charge in [-0.1, -0.05) is 0 Å². The van der Waals surface area contributed by atoms with Crippen LogP contribution in [0.15, 0.2) is 23.3 Å². The number of rotatable bonds is 4. The first-order valence-electron chi connectivity index (χ1n) is 4.97. The Morgan fingerprint density at radius 3 is 2.76 bits per heavy atom. The third-order valence-corrected chi connectivity index (χ3v) is 1.85. The molecule has 6 heteroatoms. The second-order valence-electron chi connectivity index (χ2n) is 3.15. The van der Waals surface area contributed by atoms with Crippen molar-refractivity contribution in [1.29, 1.82) is 0 Å². The number of hydrogen-bond acceptors (Lipinski definition) is 4. The molecule has 0 atom stereocenters. The van der Waals surface area contributed by atoms with E-state index < -0.39 is 17.6 Å². The molecule has 1 N–H and O–H groups in total. The lowest BCUT2D eigenvalue weighted by Crippen LogP contribution is -2.15. The van der Waals surface area contributed by atoms with Gasteiger partial charge in [0.25, 0.3) is 0 Å².